The number of morpholine rings is 1. The van der Waals surface area contributed by atoms with Crippen LogP contribution < -0.4 is 9.62 Å². The summed E-state index contributed by atoms with van der Waals surface area (Å²) in [5.41, 5.74) is 2.39. The second kappa shape index (κ2) is 8.75. The fourth-order valence-corrected chi connectivity index (χ4v) is 4.77. The van der Waals surface area contributed by atoms with Crippen LogP contribution >= 0.6 is 0 Å². The molecule has 32 heavy (non-hydrogen) atoms. The summed E-state index contributed by atoms with van der Waals surface area (Å²) in [6.45, 7) is 5.83. The predicted octanol–water partition coefficient (Wildman–Crippen LogP) is 3.07. The summed E-state index contributed by atoms with van der Waals surface area (Å²) in [7, 11) is -4.54. The highest BCUT2D eigenvalue weighted by atomic mass is 32.2. The molecule has 0 radical (unpaired) electrons. The summed E-state index contributed by atoms with van der Waals surface area (Å²) in [5.74, 6) is -1.68. The molecule has 1 fully saturated rings. The van der Waals surface area contributed by atoms with Crippen molar-refractivity contribution in [1.82, 2.24) is 15.0 Å². The Balaban J connectivity index is 1.77. The lowest BCUT2D eigenvalue weighted by molar-refractivity contribution is 0.122. The van der Waals surface area contributed by atoms with E-state index in [0.29, 0.717) is 54.6 Å². The molecule has 3 aromatic rings. The molecule has 8 nitrogen and oxygen atoms in total. The zero-order chi connectivity index (χ0) is 22.9. The Bertz CT molecular complexity index is 1240. The minimum Gasteiger partial charge on any atom is -0.378 e. The van der Waals surface area contributed by atoms with Crippen molar-refractivity contribution in [1.29, 1.82) is 0 Å². The predicted molar refractivity (Wildman–Crippen MR) is 115 cm³/mol. The van der Waals surface area contributed by atoms with E-state index in [1.54, 1.807) is 19.2 Å². The molecule has 3 heterocycles. The van der Waals surface area contributed by atoms with Gasteiger partial charge in [0.2, 0.25) is 0 Å². The normalized spacial score (nSPS) is 14.4. The van der Waals surface area contributed by atoms with Crippen molar-refractivity contribution in [2.24, 2.45) is 0 Å². The third kappa shape index (κ3) is 4.26. The molecule has 1 aromatic carbocycles. The Morgan fingerprint density at radius 1 is 1.03 bits per heavy atom. The smallest absolute Gasteiger partial charge is 0.267 e. The third-order valence-corrected chi connectivity index (χ3v) is 6.55. The van der Waals surface area contributed by atoms with Crippen molar-refractivity contribution in [3.8, 4) is 11.1 Å². The highest BCUT2D eigenvalue weighted by molar-refractivity contribution is 7.92. The number of rotatable bonds is 5. The molecular weight excluding hydrogens is 440 g/mol. The average molecular weight is 461 g/mol. The van der Waals surface area contributed by atoms with Crippen LogP contribution in [0.4, 0.5) is 20.3 Å². The molecule has 168 valence electrons. The molecule has 0 spiro atoms. The maximum Gasteiger partial charge on any atom is 0.267 e. The standard InChI is InChI=1S/C21H21F2N5O3S/c1-13-18(27-32(29,30)20-16(22)4-3-5-17(20)23)10-15(11-24-13)19-14(2)25-12-26-21(19)28-6-8-31-9-7-28/h3-5,10-12,27H,6-9H2,1-2H3. The van der Waals surface area contributed by atoms with E-state index in [9.17, 15) is 17.2 Å². The molecule has 0 atom stereocenters. The first-order valence-electron chi connectivity index (χ1n) is 9.86. The monoisotopic (exact) mass is 461 g/mol. The first-order valence-corrected chi connectivity index (χ1v) is 11.3. The van der Waals surface area contributed by atoms with Crippen LogP contribution in [0.1, 0.15) is 11.4 Å². The second-order valence-electron chi connectivity index (χ2n) is 7.27. The Morgan fingerprint density at radius 2 is 1.72 bits per heavy atom. The highest BCUT2D eigenvalue weighted by Gasteiger charge is 2.26. The van der Waals surface area contributed by atoms with Crippen molar-refractivity contribution in [3.05, 3.63) is 59.8 Å². The van der Waals surface area contributed by atoms with Gasteiger partial charge in [-0.05, 0) is 32.0 Å². The first kappa shape index (κ1) is 22.0. The fourth-order valence-electron chi connectivity index (χ4n) is 3.52. The van der Waals surface area contributed by atoms with Crippen molar-refractivity contribution in [2.75, 3.05) is 35.9 Å². The summed E-state index contributed by atoms with van der Waals surface area (Å²) in [5, 5.41) is 0. The van der Waals surface area contributed by atoms with Gasteiger partial charge in [-0.15, -0.1) is 0 Å². The SMILES string of the molecule is Cc1ncc(-c2c(C)ncnc2N2CCOCC2)cc1NS(=O)(=O)c1c(F)cccc1F. The number of halogens is 2. The van der Waals surface area contributed by atoms with Gasteiger partial charge in [0, 0.05) is 30.4 Å². The highest BCUT2D eigenvalue weighted by Crippen LogP contribution is 2.34. The van der Waals surface area contributed by atoms with Gasteiger partial charge in [0.15, 0.2) is 4.90 Å². The number of benzene rings is 1. The molecule has 1 saturated heterocycles. The number of hydrogen-bond donors (Lipinski definition) is 1. The molecule has 1 aliphatic rings. The summed E-state index contributed by atoms with van der Waals surface area (Å²) in [4.78, 5) is 14.0. The average Bonchev–Trinajstić information content (AvgIpc) is 2.75. The molecule has 0 unspecified atom stereocenters. The molecular formula is C21H21F2N5O3S. The summed E-state index contributed by atoms with van der Waals surface area (Å²) < 4.78 is 61.4. The van der Waals surface area contributed by atoms with Gasteiger partial charge in [-0.2, -0.15) is 0 Å². The lowest BCUT2D eigenvalue weighted by Gasteiger charge is -2.29. The van der Waals surface area contributed by atoms with Crippen LogP contribution in [0.5, 0.6) is 0 Å². The number of ether oxygens (including phenoxy) is 1. The topological polar surface area (TPSA) is 97.3 Å². The van der Waals surface area contributed by atoms with E-state index >= 15 is 0 Å². The van der Waals surface area contributed by atoms with Crippen molar-refractivity contribution < 1.29 is 21.9 Å². The van der Waals surface area contributed by atoms with E-state index in [0.717, 1.165) is 18.2 Å². The van der Waals surface area contributed by atoms with E-state index in [1.165, 1.54) is 6.33 Å². The Hall–Kier alpha value is -3.18. The molecule has 1 aliphatic heterocycles. The maximum atomic E-state index is 14.1. The number of aromatic nitrogens is 3. The van der Waals surface area contributed by atoms with Crippen LogP contribution in [0.2, 0.25) is 0 Å². The minimum absolute atomic E-state index is 0.0985. The first-order chi connectivity index (χ1) is 15.3. The number of sulfonamides is 1. The number of anilines is 2. The van der Waals surface area contributed by atoms with Crippen molar-refractivity contribution >= 4 is 21.5 Å². The minimum atomic E-state index is -4.54. The van der Waals surface area contributed by atoms with Gasteiger partial charge >= 0.3 is 0 Å². The molecule has 0 saturated carbocycles. The van der Waals surface area contributed by atoms with Crippen LogP contribution in [0, 0.1) is 25.5 Å². The number of pyridine rings is 1. The van der Waals surface area contributed by atoms with E-state index in [2.05, 4.69) is 24.6 Å². The van der Waals surface area contributed by atoms with E-state index < -0.39 is 26.6 Å². The zero-order valence-corrected chi connectivity index (χ0v) is 18.3. The lowest BCUT2D eigenvalue weighted by atomic mass is 10.0. The van der Waals surface area contributed by atoms with E-state index in [1.807, 2.05) is 6.92 Å². The van der Waals surface area contributed by atoms with Gasteiger partial charge in [-0.1, -0.05) is 6.07 Å². The number of nitrogens with one attached hydrogen (secondary N) is 1. The largest absolute Gasteiger partial charge is 0.378 e. The van der Waals surface area contributed by atoms with Gasteiger partial charge in [-0.25, -0.2) is 27.2 Å². The molecule has 4 rings (SSSR count). The van der Waals surface area contributed by atoms with Gasteiger partial charge in [0.25, 0.3) is 10.0 Å². The van der Waals surface area contributed by atoms with Gasteiger partial charge in [0.05, 0.1) is 30.3 Å². The van der Waals surface area contributed by atoms with Crippen LogP contribution in [0.25, 0.3) is 11.1 Å². The maximum absolute atomic E-state index is 14.1. The van der Waals surface area contributed by atoms with Gasteiger partial charge in [0.1, 0.15) is 23.8 Å². The summed E-state index contributed by atoms with van der Waals surface area (Å²) in [6, 6.07) is 4.44. The number of aryl methyl sites for hydroxylation is 2. The van der Waals surface area contributed by atoms with Crippen LogP contribution in [-0.4, -0.2) is 49.7 Å². The molecule has 11 heteroatoms. The second-order valence-corrected chi connectivity index (χ2v) is 8.89. The zero-order valence-electron chi connectivity index (χ0n) is 17.5. The third-order valence-electron chi connectivity index (χ3n) is 5.14. The Labute approximate surface area is 184 Å². The number of hydrogen-bond acceptors (Lipinski definition) is 7. The van der Waals surface area contributed by atoms with Crippen LogP contribution in [0.3, 0.4) is 0 Å². The molecule has 0 amide bonds. The fraction of sp³-hybridized carbons (Fsp3) is 0.286. The van der Waals surface area contributed by atoms with Crippen LogP contribution in [-0.2, 0) is 14.8 Å². The van der Waals surface area contributed by atoms with Crippen molar-refractivity contribution in [3.63, 3.8) is 0 Å². The Kier molecular flexibility index (Phi) is 6.02. The van der Waals surface area contributed by atoms with E-state index in [-0.39, 0.29) is 5.69 Å². The number of nitrogens with zero attached hydrogens (tertiary/aromatic N) is 4. The summed E-state index contributed by atoms with van der Waals surface area (Å²) >= 11 is 0. The molecule has 2 aromatic heterocycles. The quantitative estimate of drug-likeness (QED) is 0.624. The summed E-state index contributed by atoms with van der Waals surface area (Å²) in [6.07, 6.45) is 3.06. The van der Waals surface area contributed by atoms with Gasteiger partial charge in [-0.3, -0.25) is 9.71 Å². The van der Waals surface area contributed by atoms with Crippen molar-refractivity contribution in [2.45, 2.75) is 18.7 Å². The van der Waals surface area contributed by atoms with Crippen LogP contribution in [0.15, 0.2) is 41.7 Å². The Morgan fingerprint density at radius 3 is 2.41 bits per heavy atom. The molecule has 0 aliphatic carbocycles. The molecule has 0 bridgehead atoms. The lowest BCUT2D eigenvalue weighted by Crippen LogP contribution is -2.37. The molecule has 1 N–H and O–H groups in total. The van der Waals surface area contributed by atoms with E-state index in [4.69, 9.17) is 4.74 Å². The van der Waals surface area contributed by atoms with Gasteiger partial charge < -0.3 is 9.64 Å².